The summed E-state index contributed by atoms with van der Waals surface area (Å²) in [5, 5.41) is 13.2. The molecule has 4 nitrogen and oxygen atoms in total. The van der Waals surface area contributed by atoms with Crippen LogP contribution in [-0.4, -0.2) is 21.1 Å². The lowest BCUT2D eigenvalue weighted by Crippen LogP contribution is -1.91. The van der Waals surface area contributed by atoms with E-state index in [0.717, 1.165) is 16.5 Å². The highest BCUT2D eigenvalue weighted by Gasteiger charge is 2.03. The number of rotatable bonds is 6. The lowest BCUT2D eigenvalue weighted by atomic mass is 10.2. The van der Waals surface area contributed by atoms with Crippen LogP contribution < -0.4 is 0 Å². The van der Waals surface area contributed by atoms with E-state index in [1.807, 2.05) is 60.7 Å². The van der Waals surface area contributed by atoms with Gasteiger partial charge < -0.3 is 0 Å². The number of aromatic nitrogens is 3. The molecule has 3 rings (SSSR count). The molecule has 0 unspecified atom stereocenters. The van der Waals surface area contributed by atoms with E-state index in [2.05, 4.69) is 27.4 Å². The molecule has 0 aliphatic carbocycles. The normalized spacial score (nSPS) is 11.5. The first-order valence-electron chi connectivity index (χ1n) is 7.24. The first kappa shape index (κ1) is 15.2. The van der Waals surface area contributed by atoms with Crippen LogP contribution in [0.25, 0.3) is 6.08 Å². The van der Waals surface area contributed by atoms with Crippen LogP contribution in [0, 0.1) is 0 Å². The van der Waals surface area contributed by atoms with Gasteiger partial charge >= 0.3 is 0 Å². The van der Waals surface area contributed by atoms with Crippen molar-refractivity contribution in [2.75, 3.05) is 0 Å². The van der Waals surface area contributed by atoms with E-state index in [-0.39, 0.29) is 0 Å². The van der Waals surface area contributed by atoms with Crippen molar-refractivity contribution in [2.24, 2.45) is 5.10 Å². The van der Waals surface area contributed by atoms with Crippen LogP contribution >= 0.6 is 11.8 Å². The van der Waals surface area contributed by atoms with Crippen LogP contribution in [0.3, 0.4) is 0 Å². The van der Waals surface area contributed by atoms with E-state index in [0.29, 0.717) is 0 Å². The average molecular weight is 320 g/mol. The molecule has 0 N–H and O–H groups in total. The minimum absolute atomic E-state index is 0.776. The SMILES string of the molecule is C(=C/c1ccccc1)/C=N\n1cnnc1SCc1ccccc1. The quantitative estimate of drug-likeness (QED) is 0.507. The Morgan fingerprint density at radius 2 is 1.74 bits per heavy atom. The van der Waals surface area contributed by atoms with Crippen molar-refractivity contribution in [1.82, 2.24) is 14.9 Å². The maximum atomic E-state index is 4.35. The van der Waals surface area contributed by atoms with Gasteiger partial charge in [0.05, 0.1) is 0 Å². The summed E-state index contributed by atoms with van der Waals surface area (Å²) in [6.07, 6.45) is 7.26. The van der Waals surface area contributed by atoms with Gasteiger partial charge in [0.25, 0.3) is 0 Å². The zero-order valence-electron chi connectivity index (χ0n) is 12.5. The topological polar surface area (TPSA) is 43.1 Å². The molecule has 114 valence electrons. The van der Waals surface area contributed by atoms with Gasteiger partial charge in [-0.05, 0) is 17.2 Å². The Bertz CT molecular complexity index is 779. The van der Waals surface area contributed by atoms with Crippen LogP contribution in [-0.2, 0) is 5.75 Å². The summed E-state index contributed by atoms with van der Waals surface area (Å²) in [5.74, 6) is 0.842. The monoisotopic (exact) mass is 320 g/mol. The van der Waals surface area contributed by atoms with Gasteiger partial charge in [-0.15, -0.1) is 10.2 Å². The second-order valence-corrected chi connectivity index (χ2v) is 5.71. The molecule has 0 amide bonds. The molecule has 0 radical (unpaired) electrons. The van der Waals surface area contributed by atoms with E-state index >= 15 is 0 Å². The zero-order chi connectivity index (χ0) is 15.7. The highest BCUT2D eigenvalue weighted by atomic mass is 32.2. The Labute approximate surface area is 139 Å². The Hall–Kier alpha value is -2.66. The van der Waals surface area contributed by atoms with E-state index in [9.17, 15) is 0 Å². The molecule has 2 aromatic carbocycles. The lowest BCUT2D eigenvalue weighted by molar-refractivity contribution is 0.767. The highest BCUT2D eigenvalue weighted by Crippen LogP contribution is 2.20. The van der Waals surface area contributed by atoms with Crippen LogP contribution in [0.15, 0.2) is 83.3 Å². The van der Waals surface area contributed by atoms with Gasteiger partial charge in [-0.2, -0.15) is 9.78 Å². The molecule has 23 heavy (non-hydrogen) atoms. The summed E-state index contributed by atoms with van der Waals surface area (Å²) in [5.41, 5.74) is 2.39. The van der Waals surface area contributed by atoms with Crippen LogP contribution in [0.2, 0.25) is 0 Å². The van der Waals surface area contributed by atoms with E-state index < -0.39 is 0 Å². The predicted molar refractivity (Wildman–Crippen MR) is 95.4 cm³/mol. The Kier molecular flexibility index (Phi) is 5.37. The minimum atomic E-state index is 0.776. The Morgan fingerprint density at radius 1 is 1.00 bits per heavy atom. The fourth-order valence-electron chi connectivity index (χ4n) is 1.94. The number of benzene rings is 2. The molecule has 0 bridgehead atoms. The number of hydrogen-bond acceptors (Lipinski definition) is 4. The molecule has 0 fully saturated rings. The third-order valence-corrected chi connectivity index (χ3v) is 4.08. The lowest BCUT2D eigenvalue weighted by Gasteiger charge is -2.00. The fraction of sp³-hybridized carbons (Fsp3) is 0.0556. The van der Waals surface area contributed by atoms with Gasteiger partial charge in [-0.1, -0.05) is 78.5 Å². The first-order chi connectivity index (χ1) is 11.4. The molecule has 0 aliphatic rings. The molecule has 3 aromatic rings. The van der Waals surface area contributed by atoms with Gasteiger partial charge in [0, 0.05) is 12.0 Å². The third-order valence-electron chi connectivity index (χ3n) is 3.08. The first-order valence-corrected chi connectivity index (χ1v) is 8.23. The maximum absolute atomic E-state index is 4.35. The largest absolute Gasteiger partial charge is 0.212 e. The van der Waals surface area contributed by atoms with E-state index in [1.165, 1.54) is 5.56 Å². The van der Waals surface area contributed by atoms with Crippen molar-refractivity contribution in [2.45, 2.75) is 10.9 Å². The molecule has 0 atom stereocenters. The van der Waals surface area contributed by atoms with Crippen LogP contribution in [0.4, 0.5) is 0 Å². The van der Waals surface area contributed by atoms with Crippen molar-refractivity contribution in [3.63, 3.8) is 0 Å². The van der Waals surface area contributed by atoms with Gasteiger partial charge in [0.15, 0.2) is 0 Å². The molecular weight excluding hydrogens is 304 g/mol. The van der Waals surface area contributed by atoms with Crippen molar-refractivity contribution in [1.29, 1.82) is 0 Å². The molecule has 1 aromatic heterocycles. The zero-order valence-corrected chi connectivity index (χ0v) is 13.3. The number of allylic oxidation sites excluding steroid dienone is 1. The number of hydrogen-bond donors (Lipinski definition) is 0. The van der Waals surface area contributed by atoms with Crippen molar-refractivity contribution in [3.05, 3.63) is 84.2 Å². The maximum Gasteiger partial charge on any atom is 0.212 e. The summed E-state index contributed by atoms with van der Waals surface area (Å²) in [6, 6.07) is 20.4. The van der Waals surface area contributed by atoms with Gasteiger partial charge in [0.2, 0.25) is 5.16 Å². The molecule has 0 spiro atoms. The van der Waals surface area contributed by atoms with E-state index in [4.69, 9.17) is 0 Å². The average Bonchev–Trinajstić information content (AvgIpc) is 3.06. The highest BCUT2D eigenvalue weighted by molar-refractivity contribution is 7.98. The molecule has 0 aliphatic heterocycles. The van der Waals surface area contributed by atoms with E-state index in [1.54, 1.807) is 29.0 Å². The summed E-state index contributed by atoms with van der Waals surface area (Å²) in [7, 11) is 0. The second kappa shape index (κ2) is 8.10. The summed E-state index contributed by atoms with van der Waals surface area (Å²) in [4.78, 5) is 0. The van der Waals surface area contributed by atoms with Gasteiger partial charge in [-0.3, -0.25) is 0 Å². The number of thioether (sulfide) groups is 1. The molecule has 5 heteroatoms. The molecular formula is C18H16N4S. The minimum Gasteiger partial charge on any atom is -0.195 e. The van der Waals surface area contributed by atoms with Gasteiger partial charge in [-0.25, -0.2) is 0 Å². The molecule has 0 saturated heterocycles. The summed E-state index contributed by atoms with van der Waals surface area (Å²) >= 11 is 1.61. The second-order valence-electron chi connectivity index (χ2n) is 4.77. The van der Waals surface area contributed by atoms with Crippen molar-refractivity contribution >= 4 is 24.1 Å². The predicted octanol–water partition coefficient (Wildman–Crippen LogP) is 4.12. The molecule has 0 saturated carbocycles. The van der Waals surface area contributed by atoms with Crippen LogP contribution in [0.5, 0.6) is 0 Å². The van der Waals surface area contributed by atoms with Crippen LogP contribution in [0.1, 0.15) is 11.1 Å². The smallest absolute Gasteiger partial charge is 0.195 e. The fourth-order valence-corrected chi connectivity index (χ4v) is 2.76. The standard InChI is InChI=1S/C18H16N4S/c1-3-8-16(9-4-1)12-7-13-20-22-15-19-21-18(22)23-14-17-10-5-2-6-11-17/h1-13,15H,14H2/b12-7-,20-13-. The number of nitrogens with zero attached hydrogens (tertiary/aromatic N) is 4. The van der Waals surface area contributed by atoms with Gasteiger partial charge in [0.1, 0.15) is 6.33 Å². The molecule has 1 heterocycles. The summed E-state index contributed by atoms with van der Waals surface area (Å²) in [6.45, 7) is 0. The van der Waals surface area contributed by atoms with Crippen molar-refractivity contribution in [3.8, 4) is 0 Å². The Balaban J connectivity index is 1.60. The summed E-state index contributed by atoms with van der Waals surface area (Å²) < 4.78 is 1.68. The van der Waals surface area contributed by atoms with Crippen molar-refractivity contribution < 1.29 is 0 Å². The Morgan fingerprint density at radius 3 is 2.52 bits per heavy atom. The third kappa shape index (κ3) is 4.66.